The van der Waals surface area contributed by atoms with E-state index in [-0.39, 0.29) is 11.8 Å². The van der Waals surface area contributed by atoms with Crippen molar-refractivity contribution >= 4 is 34.4 Å². The van der Waals surface area contributed by atoms with E-state index < -0.39 is 6.09 Å². The Morgan fingerprint density at radius 1 is 1.50 bits per heavy atom. The van der Waals surface area contributed by atoms with Crippen molar-refractivity contribution in [2.75, 3.05) is 19.0 Å². The van der Waals surface area contributed by atoms with Gasteiger partial charge in [0.2, 0.25) is 5.91 Å². The van der Waals surface area contributed by atoms with E-state index in [4.69, 9.17) is 4.74 Å². The first kappa shape index (κ1) is 19.6. The number of amides is 2. The van der Waals surface area contributed by atoms with Crippen molar-refractivity contribution in [1.29, 1.82) is 5.26 Å². The number of hydrogen-bond acceptors (Lipinski definition) is 6. The van der Waals surface area contributed by atoms with E-state index >= 15 is 0 Å². The lowest BCUT2D eigenvalue weighted by molar-refractivity contribution is -0.111. The molecule has 0 saturated carbocycles. The fourth-order valence-corrected chi connectivity index (χ4v) is 4.38. The third-order valence-corrected chi connectivity index (χ3v) is 5.65. The van der Waals surface area contributed by atoms with Crippen molar-refractivity contribution in [3.63, 3.8) is 0 Å². The molecule has 28 heavy (non-hydrogen) atoms. The van der Waals surface area contributed by atoms with Crippen LogP contribution in [0.15, 0.2) is 30.6 Å². The normalized spacial score (nSPS) is 15.5. The summed E-state index contributed by atoms with van der Waals surface area (Å²) < 4.78 is 5.15. The van der Waals surface area contributed by atoms with Crippen molar-refractivity contribution in [1.82, 2.24) is 10.3 Å². The van der Waals surface area contributed by atoms with Gasteiger partial charge in [-0.05, 0) is 48.4 Å². The Labute approximate surface area is 167 Å². The lowest BCUT2D eigenvalue weighted by Crippen LogP contribution is -2.25. The summed E-state index contributed by atoms with van der Waals surface area (Å²) >= 11 is 1.42. The van der Waals surface area contributed by atoms with Crippen LogP contribution < -0.4 is 10.6 Å². The monoisotopic (exact) mass is 396 g/mol. The summed E-state index contributed by atoms with van der Waals surface area (Å²) in [5, 5.41) is 15.4. The number of aromatic nitrogens is 1. The second-order valence-corrected chi connectivity index (χ2v) is 7.49. The summed E-state index contributed by atoms with van der Waals surface area (Å²) in [6.45, 7) is 0.342. The van der Waals surface area contributed by atoms with Gasteiger partial charge in [-0.2, -0.15) is 5.26 Å². The van der Waals surface area contributed by atoms with Crippen LogP contribution in [0.5, 0.6) is 0 Å². The molecule has 2 aromatic heterocycles. The minimum atomic E-state index is -0.442. The molecule has 7 nitrogen and oxygen atoms in total. The second-order valence-electron chi connectivity index (χ2n) is 6.39. The minimum Gasteiger partial charge on any atom is -0.449 e. The third kappa shape index (κ3) is 4.75. The average Bonchev–Trinajstić information content (AvgIpc) is 3.07. The zero-order valence-electron chi connectivity index (χ0n) is 15.4. The Kier molecular flexibility index (Phi) is 6.40. The number of rotatable bonds is 5. The first-order valence-electron chi connectivity index (χ1n) is 8.89. The maximum Gasteiger partial charge on any atom is 0.406 e. The topological polar surface area (TPSA) is 104 Å². The molecule has 1 atom stereocenters. The molecule has 8 heteroatoms. The highest BCUT2D eigenvalue weighted by atomic mass is 32.1. The molecular weight excluding hydrogens is 376 g/mol. The highest BCUT2D eigenvalue weighted by Gasteiger charge is 2.27. The van der Waals surface area contributed by atoms with Crippen LogP contribution in [0.2, 0.25) is 0 Å². The molecule has 1 aliphatic rings. The summed E-state index contributed by atoms with van der Waals surface area (Å²) in [7, 11) is 1.53. The molecule has 0 spiro atoms. The van der Waals surface area contributed by atoms with E-state index in [1.165, 1.54) is 24.5 Å². The lowest BCUT2D eigenvalue weighted by atomic mass is 9.88. The molecule has 0 unspecified atom stereocenters. The molecule has 0 aromatic carbocycles. The number of nitriles is 1. The second kappa shape index (κ2) is 9.15. The van der Waals surface area contributed by atoms with Gasteiger partial charge in [0, 0.05) is 30.4 Å². The van der Waals surface area contributed by atoms with Crippen LogP contribution in [0, 0.1) is 17.2 Å². The molecule has 3 rings (SSSR count). The number of alkyl carbamates (subject to hydrolysis) is 1. The van der Waals surface area contributed by atoms with Crippen LogP contribution in [0.25, 0.3) is 6.08 Å². The number of nitrogens with zero attached hydrogens (tertiary/aromatic N) is 2. The predicted octanol–water partition coefficient (Wildman–Crippen LogP) is 3.13. The minimum absolute atomic E-state index is 0.212. The Morgan fingerprint density at radius 3 is 3.07 bits per heavy atom. The van der Waals surface area contributed by atoms with Gasteiger partial charge < -0.3 is 15.4 Å². The van der Waals surface area contributed by atoms with Crippen molar-refractivity contribution in [3.8, 4) is 6.07 Å². The number of carbonyl (C=O) groups is 2. The number of nitrogens with one attached hydrogen (secondary N) is 2. The predicted molar refractivity (Wildman–Crippen MR) is 107 cm³/mol. The number of anilines is 1. The van der Waals surface area contributed by atoms with E-state index in [9.17, 15) is 14.9 Å². The van der Waals surface area contributed by atoms with Gasteiger partial charge in [-0.3, -0.25) is 9.78 Å². The number of ether oxygens (including phenoxy) is 1. The van der Waals surface area contributed by atoms with Crippen molar-refractivity contribution in [2.45, 2.75) is 19.3 Å². The van der Waals surface area contributed by atoms with E-state index in [0.717, 1.165) is 35.3 Å². The van der Waals surface area contributed by atoms with Gasteiger partial charge in [0.25, 0.3) is 0 Å². The zero-order valence-corrected chi connectivity index (χ0v) is 16.2. The van der Waals surface area contributed by atoms with Crippen LogP contribution in [-0.2, 0) is 22.4 Å². The summed E-state index contributed by atoms with van der Waals surface area (Å²) in [5.41, 5.74) is 2.35. The molecule has 144 valence electrons. The van der Waals surface area contributed by atoms with E-state index in [1.54, 1.807) is 24.5 Å². The van der Waals surface area contributed by atoms with E-state index in [0.29, 0.717) is 17.2 Å². The van der Waals surface area contributed by atoms with Gasteiger partial charge in [-0.15, -0.1) is 11.3 Å². The molecule has 1 aliphatic carbocycles. The summed E-state index contributed by atoms with van der Waals surface area (Å²) in [6.07, 6.45) is 8.29. The maximum atomic E-state index is 12.3. The largest absolute Gasteiger partial charge is 0.449 e. The molecule has 0 bridgehead atoms. The van der Waals surface area contributed by atoms with Gasteiger partial charge in [-0.25, -0.2) is 4.79 Å². The first-order valence-corrected chi connectivity index (χ1v) is 9.70. The average molecular weight is 396 g/mol. The van der Waals surface area contributed by atoms with Gasteiger partial charge in [-0.1, -0.05) is 6.07 Å². The fraction of sp³-hybridized carbons (Fsp3) is 0.300. The van der Waals surface area contributed by atoms with Gasteiger partial charge in [0.15, 0.2) is 0 Å². The Balaban J connectivity index is 1.68. The zero-order chi connectivity index (χ0) is 19.9. The van der Waals surface area contributed by atoms with Crippen molar-refractivity contribution in [3.05, 3.63) is 52.2 Å². The number of thiophene rings is 1. The summed E-state index contributed by atoms with van der Waals surface area (Å²) in [5.74, 6) is -0.0810. The molecule has 0 aliphatic heterocycles. The van der Waals surface area contributed by atoms with Gasteiger partial charge >= 0.3 is 6.09 Å². The SMILES string of the molecule is CNC(=O)OC[C@H]1CCc2c(sc(NC(=O)C=Cc3cccnc3)c2C#N)C1. The van der Waals surface area contributed by atoms with Crippen molar-refractivity contribution in [2.24, 2.45) is 5.92 Å². The van der Waals surface area contributed by atoms with E-state index in [2.05, 4.69) is 21.7 Å². The molecule has 0 saturated heterocycles. The Morgan fingerprint density at radius 2 is 2.36 bits per heavy atom. The molecular formula is C20H20N4O3S. The molecule has 0 radical (unpaired) electrons. The van der Waals surface area contributed by atoms with Crippen molar-refractivity contribution < 1.29 is 14.3 Å². The number of fused-ring (bicyclic) bond motifs is 1. The van der Waals surface area contributed by atoms with E-state index in [1.807, 2.05) is 6.07 Å². The molecule has 2 aromatic rings. The van der Waals surface area contributed by atoms with Crippen LogP contribution in [0.4, 0.5) is 9.80 Å². The molecule has 0 fully saturated rings. The molecule has 2 N–H and O–H groups in total. The quantitative estimate of drug-likeness (QED) is 0.756. The smallest absolute Gasteiger partial charge is 0.406 e. The van der Waals surface area contributed by atoms with Crippen LogP contribution in [-0.4, -0.2) is 30.6 Å². The van der Waals surface area contributed by atoms with Crippen LogP contribution >= 0.6 is 11.3 Å². The first-order chi connectivity index (χ1) is 13.6. The number of carbonyl (C=O) groups excluding carboxylic acids is 2. The highest BCUT2D eigenvalue weighted by molar-refractivity contribution is 7.16. The van der Waals surface area contributed by atoms with Crippen LogP contribution in [0.1, 0.15) is 28.0 Å². The number of hydrogen-bond donors (Lipinski definition) is 2. The van der Waals surface area contributed by atoms with Crippen LogP contribution in [0.3, 0.4) is 0 Å². The maximum absolute atomic E-state index is 12.3. The number of pyridine rings is 1. The Bertz CT molecular complexity index is 931. The summed E-state index contributed by atoms with van der Waals surface area (Å²) in [6, 6.07) is 5.87. The molecule has 2 heterocycles. The third-order valence-electron chi connectivity index (χ3n) is 4.48. The van der Waals surface area contributed by atoms with Gasteiger partial charge in [0.05, 0.1) is 12.2 Å². The highest BCUT2D eigenvalue weighted by Crippen LogP contribution is 2.39. The summed E-state index contributed by atoms with van der Waals surface area (Å²) in [4.78, 5) is 28.6. The molecule has 2 amide bonds. The lowest BCUT2D eigenvalue weighted by Gasteiger charge is -2.21. The fourth-order valence-electron chi connectivity index (χ4n) is 3.07. The van der Waals surface area contributed by atoms with Gasteiger partial charge in [0.1, 0.15) is 11.1 Å². The standard InChI is InChI=1S/C20H20N4O3S/c1-22-20(26)27-12-14-4-6-15-16(10-21)19(28-17(15)9-14)24-18(25)7-5-13-3-2-8-23-11-13/h2-3,5,7-8,11,14H,4,6,9,12H2,1H3,(H,22,26)(H,24,25)/t14-/m0/s1. The Hall–Kier alpha value is -3.18.